The highest BCUT2D eigenvalue weighted by atomic mass is 16.5. The standard InChI is InChI=1S/C19H17NO3/c1-11-7-8-13(9-12(11)2)16-17(19(22)18(16)21)20-14-5-4-6-15(10-14)23-3/h4-10,20H,1-3H3. The zero-order chi connectivity index (χ0) is 16.6. The molecule has 0 spiro atoms. The summed E-state index contributed by atoms with van der Waals surface area (Å²) in [5.74, 6) is 0.682. The van der Waals surface area contributed by atoms with Crippen molar-refractivity contribution in [1.29, 1.82) is 0 Å². The quantitative estimate of drug-likeness (QED) is 0.751. The summed E-state index contributed by atoms with van der Waals surface area (Å²) in [7, 11) is 1.58. The van der Waals surface area contributed by atoms with Crippen LogP contribution in [0.4, 0.5) is 11.4 Å². The maximum Gasteiger partial charge on any atom is 0.250 e. The van der Waals surface area contributed by atoms with E-state index in [1.165, 1.54) is 0 Å². The van der Waals surface area contributed by atoms with E-state index in [2.05, 4.69) is 5.32 Å². The second-order valence-electron chi connectivity index (χ2n) is 5.56. The summed E-state index contributed by atoms with van der Waals surface area (Å²) in [6, 6.07) is 13.0. The molecule has 0 atom stereocenters. The first-order chi connectivity index (χ1) is 11.0. The highest BCUT2D eigenvalue weighted by Crippen LogP contribution is 2.28. The van der Waals surface area contributed by atoms with Crippen molar-refractivity contribution in [3.8, 4) is 16.9 Å². The third-order valence-electron chi connectivity index (χ3n) is 4.05. The van der Waals surface area contributed by atoms with Gasteiger partial charge in [0.05, 0.1) is 12.7 Å². The second kappa shape index (κ2) is 5.72. The van der Waals surface area contributed by atoms with Crippen molar-refractivity contribution < 1.29 is 4.74 Å². The van der Waals surface area contributed by atoms with Crippen molar-refractivity contribution in [2.75, 3.05) is 12.4 Å². The van der Waals surface area contributed by atoms with Gasteiger partial charge < -0.3 is 10.1 Å². The molecule has 0 aromatic heterocycles. The van der Waals surface area contributed by atoms with Crippen LogP contribution in [0.25, 0.3) is 11.1 Å². The molecule has 0 aliphatic heterocycles. The van der Waals surface area contributed by atoms with E-state index in [0.717, 1.165) is 16.7 Å². The van der Waals surface area contributed by atoms with Crippen LogP contribution < -0.4 is 20.9 Å². The van der Waals surface area contributed by atoms with E-state index in [0.29, 0.717) is 22.7 Å². The SMILES string of the molecule is COc1cccc(Nc2c(-c3ccc(C)c(C)c3)c(=O)c2=O)c1. The third kappa shape index (κ3) is 2.63. The molecule has 3 aromatic rings. The van der Waals surface area contributed by atoms with Gasteiger partial charge >= 0.3 is 0 Å². The van der Waals surface area contributed by atoms with Crippen LogP contribution in [-0.2, 0) is 0 Å². The fourth-order valence-electron chi connectivity index (χ4n) is 2.53. The lowest BCUT2D eigenvalue weighted by atomic mass is 9.95. The summed E-state index contributed by atoms with van der Waals surface area (Å²) >= 11 is 0. The van der Waals surface area contributed by atoms with E-state index in [1.807, 2.05) is 50.2 Å². The first-order valence-electron chi connectivity index (χ1n) is 7.33. The van der Waals surface area contributed by atoms with E-state index >= 15 is 0 Å². The minimum absolute atomic E-state index is 0.339. The maximum absolute atomic E-state index is 12.0. The van der Waals surface area contributed by atoms with Gasteiger partial charge in [-0.2, -0.15) is 0 Å². The zero-order valence-electron chi connectivity index (χ0n) is 13.3. The highest BCUT2D eigenvalue weighted by Gasteiger charge is 2.22. The summed E-state index contributed by atoms with van der Waals surface area (Å²) in [6.07, 6.45) is 0. The molecule has 0 heterocycles. The number of hydrogen-bond acceptors (Lipinski definition) is 4. The summed E-state index contributed by atoms with van der Waals surface area (Å²) in [5.41, 5.74) is 3.56. The predicted octanol–water partition coefficient (Wildman–Crippen LogP) is 3.32. The molecule has 0 saturated heterocycles. The van der Waals surface area contributed by atoms with E-state index in [1.54, 1.807) is 13.2 Å². The molecule has 0 aliphatic carbocycles. The van der Waals surface area contributed by atoms with Crippen molar-refractivity contribution in [1.82, 2.24) is 0 Å². The summed E-state index contributed by atoms with van der Waals surface area (Å²) in [5, 5.41) is 3.05. The zero-order valence-corrected chi connectivity index (χ0v) is 13.3. The first kappa shape index (κ1) is 15.0. The summed E-state index contributed by atoms with van der Waals surface area (Å²) < 4.78 is 5.17. The van der Waals surface area contributed by atoms with Gasteiger partial charge in [-0.1, -0.05) is 24.3 Å². The molecule has 116 valence electrons. The molecule has 0 fully saturated rings. The van der Waals surface area contributed by atoms with Crippen molar-refractivity contribution in [2.24, 2.45) is 0 Å². The third-order valence-corrected chi connectivity index (χ3v) is 4.05. The van der Waals surface area contributed by atoms with Gasteiger partial charge in [0.1, 0.15) is 11.4 Å². The topological polar surface area (TPSA) is 55.4 Å². The van der Waals surface area contributed by atoms with Crippen molar-refractivity contribution in [3.63, 3.8) is 0 Å². The van der Waals surface area contributed by atoms with Gasteiger partial charge in [0.25, 0.3) is 5.43 Å². The number of hydrogen-bond donors (Lipinski definition) is 1. The van der Waals surface area contributed by atoms with Gasteiger partial charge in [-0.25, -0.2) is 0 Å². The molecule has 3 aromatic carbocycles. The van der Waals surface area contributed by atoms with Crippen molar-refractivity contribution in [2.45, 2.75) is 13.8 Å². The van der Waals surface area contributed by atoms with Gasteiger partial charge in [-0.05, 0) is 42.7 Å². The average Bonchev–Trinajstić information content (AvgIpc) is 2.57. The Balaban J connectivity index is 2.01. The molecule has 0 radical (unpaired) electrons. The van der Waals surface area contributed by atoms with Crippen LogP contribution in [0, 0.1) is 13.8 Å². The molecular formula is C19H17NO3. The number of nitrogens with one attached hydrogen (secondary N) is 1. The fraction of sp³-hybridized carbons (Fsp3) is 0.158. The Bertz CT molecular complexity index is 950. The number of methoxy groups -OCH3 is 1. The number of rotatable bonds is 4. The van der Waals surface area contributed by atoms with Gasteiger partial charge in [-0.3, -0.25) is 9.59 Å². The molecule has 0 unspecified atom stereocenters. The molecular weight excluding hydrogens is 290 g/mol. The smallest absolute Gasteiger partial charge is 0.250 e. The van der Waals surface area contributed by atoms with E-state index in [9.17, 15) is 9.59 Å². The predicted molar refractivity (Wildman–Crippen MR) is 92.5 cm³/mol. The monoisotopic (exact) mass is 307 g/mol. The molecule has 1 N–H and O–H groups in total. The Kier molecular flexibility index (Phi) is 3.74. The second-order valence-corrected chi connectivity index (χ2v) is 5.56. The molecule has 4 heteroatoms. The van der Waals surface area contributed by atoms with Gasteiger partial charge in [0.2, 0.25) is 5.43 Å². The molecule has 3 rings (SSSR count). The molecule has 0 amide bonds. The molecule has 4 nitrogen and oxygen atoms in total. The van der Waals surface area contributed by atoms with Crippen LogP contribution in [0.15, 0.2) is 52.1 Å². The number of anilines is 2. The Hall–Kier alpha value is -2.88. The van der Waals surface area contributed by atoms with Gasteiger partial charge in [-0.15, -0.1) is 0 Å². The lowest BCUT2D eigenvalue weighted by Gasteiger charge is -2.15. The van der Waals surface area contributed by atoms with E-state index in [4.69, 9.17) is 4.74 Å². The van der Waals surface area contributed by atoms with E-state index in [-0.39, 0.29) is 0 Å². The van der Waals surface area contributed by atoms with Crippen LogP contribution >= 0.6 is 0 Å². The largest absolute Gasteiger partial charge is 0.497 e. The van der Waals surface area contributed by atoms with Crippen LogP contribution in [0.5, 0.6) is 5.75 Å². The lowest BCUT2D eigenvalue weighted by molar-refractivity contribution is 0.415. The Morgan fingerprint density at radius 2 is 1.70 bits per heavy atom. The number of aryl methyl sites for hydroxylation is 2. The van der Waals surface area contributed by atoms with Gasteiger partial charge in [0.15, 0.2) is 0 Å². The minimum atomic E-state index is -0.485. The maximum atomic E-state index is 12.0. The first-order valence-corrected chi connectivity index (χ1v) is 7.33. The normalized spacial score (nSPS) is 10.7. The van der Waals surface area contributed by atoms with Crippen molar-refractivity contribution in [3.05, 3.63) is 74.0 Å². The average molecular weight is 307 g/mol. The molecule has 0 bridgehead atoms. The Morgan fingerprint density at radius 3 is 2.39 bits per heavy atom. The lowest BCUT2D eigenvalue weighted by Crippen LogP contribution is -2.35. The van der Waals surface area contributed by atoms with Crippen LogP contribution in [0.1, 0.15) is 11.1 Å². The van der Waals surface area contributed by atoms with Crippen molar-refractivity contribution >= 4 is 11.4 Å². The minimum Gasteiger partial charge on any atom is -0.497 e. The van der Waals surface area contributed by atoms with Crippen LogP contribution in [0.3, 0.4) is 0 Å². The highest BCUT2D eigenvalue weighted by molar-refractivity contribution is 5.85. The number of ether oxygens (including phenoxy) is 1. The molecule has 0 saturated carbocycles. The molecule has 0 aliphatic rings. The van der Waals surface area contributed by atoms with Crippen LogP contribution in [0.2, 0.25) is 0 Å². The van der Waals surface area contributed by atoms with E-state index < -0.39 is 10.9 Å². The fourth-order valence-corrected chi connectivity index (χ4v) is 2.53. The molecule has 23 heavy (non-hydrogen) atoms. The summed E-state index contributed by atoms with van der Waals surface area (Å²) in [4.78, 5) is 24.0. The van der Waals surface area contributed by atoms with Gasteiger partial charge in [0, 0.05) is 11.8 Å². The Labute approximate surface area is 134 Å². The number of benzene rings is 2. The summed E-state index contributed by atoms with van der Waals surface area (Å²) in [6.45, 7) is 4.00. The van der Waals surface area contributed by atoms with Crippen LogP contribution in [-0.4, -0.2) is 7.11 Å². The Morgan fingerprint density at radius 1 is 0.913 bits per heavy atom.